The highest BCUT2D eigenvalue weighted by atomic mass is 16.4. The van der Waals surface area contributed by atoms with E-state index in [4.69, 9.17) is 10.2 Å². The van der Waals surface area contributed by atoms with Crippen LogP contribution in [0.15, 0.2) is 24.3 Å². The van der Waals surface area contributed by atoms with Gasteiger partial charge in [0.1, 0.15) is 0 Å². The van der Waals surface area contributed by atoms with Gasteiger partial charge in [-0.3, -0.25) is 4.79 Å². The van der Waals surface area contributed by atoms with Gasteiger partial charge in [-0.2, -0.15) is 0 Å². The highest BCUT2D eigenvalue weighted by Crippen LogP contribution is 2.24. The number of carboxylic acid groups (broad SMARTS) is 1. The van der Waals surface area contributed by atoms with Crippen molar-refractivity contribution in [1.82, 2.24) is 0 Å². The van der Waals surface area contributed by atoms with E-state index in [1.54, 1.807) is 17.0 Å². The lowest BCUT2D eigenvalue weighted by Crippen LogP contribution is -2.24. The number of nitrogens with zero attached hydrogens (tertiary/aromatic N) is 1. The van der Waals surface area contributed by atoms with Crippen molar-refractivity contribution in [3.8, 4) is 0 Å². The number of carbonyl (C=O) groups is 2. The molecule has 1 aromatic rings. The quantitative estimate of drug-likeness (QED) is 0.809. The van der Waals surface area contributed by atoms with E-state index >= 15 is 0 Å². The Balaban J connectivity index is 2.18. The molecule has 0 aromatic heterocycles. The number of carboxylic acids is 1. The second kappa shape index (κ2) is 4.55. The van der Waals surface area contributed by atoms with Crippen molar-refractivity contribution in [2.24, 2.45) is 5.92 Å². The summed E-state index contributed by atoms with van der Waals surface area (Å²) < 4.78 is 0. The second-order valence-corrected chi connectivity index (χ2v) is 4.11. The molecule has 90 valence electrons. The number of rotatable bonds is 3. The lowest BCUT2D eigenvalue weighted by Gasteiger charge is -2.16. The van der Waals surface area contributed by atoms with E-state index < -0.39 is 5.97 Å². The molecule has 1 heterocycles. The fraction of sp³-hybridized carbons (Fsp3) is 0.333. The van der Waals surface area contributed by atoms with Gasteiger partial charge in [-0.1, -0.05) is 0 Å². The summed E-state index contributed by atoms with van der Waals surface area (Å²) in [7, 11) is 0. The number of carbonyl (C=O) groups excluding carboxylic acids is 1. The average molecular weight is 235 g/mol. The number of hydrogen-bond donors (Lipinski definition) is 2. The van der Waals surface area contributed by atoms with Gasteiger partial charge >= 0.3 is 5.97 Å². The summed E-state index contributed by atoms with van der Waals surface area (Å²) >= 11 is 0. The highest BCUT2D eigenvalue weighted by molar-refractivity contribution is 5.96. The largest absolute Gasteiger partial charge is 0.478 e. The van der Waals surface area contributed by atoms with Crippen LogP contribution < -0.4 is 4.90 Å². The first kappa shape index (κ1) is 11.6. The minimum Gasteiger partial charge on any atom is -0.478 e. The average Bonchev–Trinajstić information content (AvgIpc) is 2.71. The molecule has 0 saturated carbocycles. The Morgan fingerprint density at radius 3 is 2.47 bits per heavy atom. The van der Waals surface area contributed by atoms with Crippen molar-refractivity contribution in [3.05, 3.63) is 29.8 Å². The van der Waals surface area contributed by atoms with E-state index in [0.717, 1.165) is 0 Å². The number of anilines is 1. The van der Waals surface area contributed by atoms with Crippen LogP contribution in [0.3, 0.4) is 0 Å². The maximum Gasteiger partial charge on any atom is 0.335 e. The molecule has 1 atom stereocenters. The Bertz CT molecular complexity index is 440. The molecule has 1 aliphatic rings. The zero-order valence-corrected chi connectivity index (χ0v) is 9.17. The summed E-state index contributed by atoms with van der Waals surface area (Å²) in [5.74, 6) is -1.05. The molecular formula is C12H13NO4. The molecule has 0 radical (unpaired) electrons. The molecule has 1 aromatic carbocycles. The van der Waals surface area contributed by atoms with Crippen LogP contribution in [-0.4, -0.2) is 35.2 Å². The number of aliphatic hydroxyl groups excluding tert-OH is 1. The fourth-order valence-corrected chi connectivity index (χ4v) is 1.94. The van der Waals surface area contributed by atoms with E-state index in [1.165, 1.54) is 12.1 Å². The van der Waals surface area contributed by atoms with Gasteiger partial charge in [0.2, 0.25) is 5.91 Å². The van der Waals surface area contributed by atoms with Crippen molar-refractivity contribution in [3.63, 3.8) is 0 Å². The zero-order chi connectivity index (χ0) is 12.4. The molecule has 1 saturated heterocycles. The van der Waals surface area contributed by atoms with Gasteiger partial charge in [-0.25, -0.2) is 4.79 Å². The lowest BCUT2D eigenvalue weighted by atomic mass is 10.1. The number of amides is 1. The van der Waals surface area contributed by atoms with Crippen molar-refractivity contribution in [2.75, 3.05) is 18.1 Å². The van der Waals surface area contributed by atoms with Gasteiger partial charge in [0, 0.05) is 31.2 Å². The smallest absolute Gasteiger partial charge is 0.335 e. The summed E-state index contributed by atoms with van der Waals surface area (Å²) in [6, 6.07) is 6.16. The SMILES string of the molecule is O=C(O)c1ccc(N2CC(CO)CC2=O)cc1. The molecule has 5 heteroatoms. The molecule has 1 unspecified atom stereocenters. The Morgan fingerprint density at radius 1 is 1.35 bits per heavy atom. The van der Waals surface area contributed by atoms with E-state index in [2.05, 4.69) is 0 Å². The van der Waals surface area contributed by atoms with Crippen molar-refractivity contribution < 1.29 is 19.8 Å². The van der Waals surface area contributed by atoms with Gasteiger partial charge in [0.05, 0.1) is 5.56 Å². The van der Waals surface area contributed by atoms with Gasteiger partial charge in [0.15, 0.2) is 0 Å². The molecule has 5 nitrogen and oxygen atoms in total. The van der Waals surface area contributed by atoms with Gasteiger partial charge in [0.25, 0.3) is 0 Å². The number of aromatic carboxylic acids is 1. The molecule has 2 rings (SSSR count). The maximum atomic E-state index is 11.7. The minimum absolute atomic E-state index is 0.00451. The van der Waals surface area contributed by atoms with Crippen LogP contribution in [-0.2, 0) is 4.79 Å². The normalized spacial score (nSPS) is 19.7. The number of hydrogen-bond acceptors (Lipinski definition) is 3. The summed E-state index contributed by atoms with van der Waals surface area (Å²) in [6.45, 7) is 0.483. The van der Waals surface area contributed by atoms with Crippen LogP contribution in [0.5, 0.6) is 0 Å². The van der Waals surface area contributed by atoms with Crippen molar-refractivity contribution in [2.45, 2.75) is 6.42 Å². The Morgan fingerprint density at radius 2 is 2.00 bits per heavy atom. The molecule has 1 aliphatic heterocycles. The first-order chi connectivity index (χ1) is 8.11. The molecule has 1 amide bonds. The summed E-state index contributed by atoms with van der Waals surface area (Å²) in [6.07, 6.45) is 0.344. The van der Waals surface area contributed by atoms with Crippen LogP contribution in [0.1, 0.15) is 16.8 Å². The number of aliphatic hydroxyl groups is 1. The standard InChI is InChI=1S/C12H13NO4/c14-7-8-5-11(15)13(6-8)10-3-1-9(2-4-10)12(16)17/h1-4,8,14H,5-7H2,(H,16,17). The summed E-state index contributed by atoms with van der Waals surface area (Å²) in [5, 5.41) is 17.8. The van der Waals surface area contributed by atoms with Crippen molar-refractivity contribution >= 4 is 17.6 Å². The molecule has 0 aliphatic carbocycles. The third-order valence-electron chi connectivity index (χ3n) is 2.89. The molecule has 2 N–H and O–H groups in total. The van der Waals surface area contributed by atoms with E-state index in [0.29, 0.717) is 18.7 Å². The van der Waals surface area contributed by atoms with Gasteiger partial charge < -0.3 is 15.1 Å². The monoisotopic (exact) mass is 235 g/mol. The van der Waals surface area contributed by atoms with E-state index in [1.807, 2.05) is 0 Å². The van der Waals surface area contributed by atoms with Gasteiger partial charge in [-0.15, -0.1) is 0 Å². The van der Waals surface area contributed by atoms with Gasteiger partial charge in [-0.05, 0) is 24.3 Å². The maximum absolute atomic E-state index is 11.7. The van der Waals surface area contributed by atoms with Crippen LogP contribution in [0, 0.1) is 5.92 Å². The first-order valence-corrected chi connectivity index (χ1v) is 5.36. The van der Waals surface area contributed by atoms with Crippen LogP contribution in [0.4, 0.5) is 5.69 Å². The summed E-state index contributed by atoms with van der Waals surface area (Å²) in [4.78, 5) is 23.9. The van der Waals surface area contributed by atoms with Crippen LogP contribution >= 0.6 is 0 Å². The third kappa shape index (κ3) is 2.29. The Hall–Kier alpha value is -1.88. The molecule has 17 heavy (non-hydrogen) atoms. The van der Waals surface area contributed by atoms with E-state index in [-0.39, 0.29) is 24.0 Å². The summed E-state index contributed by atoms with van der Waals surface area (Å²) in [5.41, 5.74) is 0.870. The molecular weight excluding hydrogens is 222 g/mol. The molecule has 0 bridgehead atoms. The topological polar surface area (TPSA) is 77.8 Å². The minimum atomic E-state index is -0.988. The third-order valence-corrected chi connectivity index (χ3v) is 2.89. The van der Waals surface area contributed by atoms with Crippen LogP contribution in [0.25, 0.3) is 0 Å². The predicted molar refractivity (Wildman–Crippen MR) is 60.9 cm³/mol. The highest BCUT2D eigenvalue weighted by Gasteiger charge is 2.29. The molecule has 0 spiro atoms. The lowest BCUT2D eigenvalue weighted by molar-refractivity contribution is -0.117. The zero-order valence-electron chi connectivity index (χ0n) is 9.17. The van der Waals surface area contributed by atoms with E-state index in [9.17, 15) is 9.59 Å². The Kier molecular flexibility index (Phi) is 3.10. The first-order valence-electron chi connectivity index (χ1n) is 5.36. The van der Waals surface area contributed by atoms with Crippen LogP contribution in [0.2, 0.25) is 0 Å². The van der Waals surface area contributed by atoms with Crippen molar-refractivity contribution in [1.29, 1.82) is 0 Å². The molecule has 1 fully saturated rings. The fourth-order valence-electron chi connectivity index (χ4n) is 1.94. The predicted octanol–water partition coefficient (Wildman–Crippen LogP) is 0.730. The Labute approximate surface area is 98.3 Å². The number of benzene rings is 1. The second-order valence-electron chi connectivity index (χ2n) is 4.11.